The molecule has 1 amide bonds. The Bertz CT molecular complexity index is 1480. The lowest BCUT2D eigenvalue weighted by Gasteiger charge is -2.06. The Labute approximate surface area is 199 Å². The van der Waals surface area contributed by atoms with Crippen molar-refractivity contribution in [1.29, 1.82) is 0 Å². The molecule has 5 rings (SSSR count). The summed E-state index contributed by atoms with van der Waals surface area (Å²) in [6, 6.07) is 23.5. The number of hydrogen-bond acceptors (Lipinski definition) is 4. The van der Waals surface area contributed by atoms with Crippen LogP contribution in [0.25, 0.3) is 10.8 Å². The molecule has 0 unspecified atom stereocenters. The molecule has 34 heavy (non-hydrogen) atoms. The Hall–Kier alpha value is -4.10. The molecule has 0 atom stereocenters. The molecule has 0 aliphatic heterocycles. The lowest BCUT2D eigenvalue weighted by Crippen LogP contribution is -2.12. The molecule has 0 spiro atoms. The van der Waals surface area contributed by atoms with Crippen molar-refractivity contribution in [2.75, 3.05) is 5.32 Å². The molecule has 0 saturated carbocycles. The van der Waals surface area contributed by atoms with Gasteiger partial charge < -0.3 is 14.5 Å². The van der Waals surface area contributed by atoms with Gasteiger partial charge in [0, 0.05) is 11.8 Å². The van der Waals surface area contributed by atoms with Crippen molar-refractivity contribution >= 4 is 34.1 Å². The first kappa shape index (κ1) is 21.7. The van der Waals surface area contributed by atoms with Gasteiger partial charge in [-0.3, -0.25) is 9.48 Å². The highest BCUT2D eigenvalue weighted by molar-refractivity contribution is 6.33. The Morgan fingerprint density at radius 2 is 1.82 bits per heavy atom. The maximum absolute atomic E-state index is 13.9. The first-order valence-electron chi connectivity index (χ1n) is 10.5. The molecule has 2 heterocycles. The van der Waals surface area contributed by atoms with Crippen molar-refractivity contribution in [3.05, 3.63) is 113 Å². The van der Waals surface area contributed by atoms with Gasteiger partial charge in [-0.15, -0.1) is 0 Å². The van der Waals surface area contributed by atoms with Crippen LogP contribution in [0.2, 0.25) is 5.02 Å². The lowest BCUT2D eigenvalue weighted by atomic mass is 10.1. The van der Waals surface area contributed by atoms with E-state index in [1.54, 1.807) is 30.3 Å². The van der Waals surface area contributed by atoms with Crippen LogP contribution >= 0.6 is 11.6 Å². The van der Waals surface area contributed by atoms with Gasteiger partial charge in [0.1, 0.15) is 29.0 Å². The van der Waals surface area contributed by atoms with E-state index < -0.39 is 5.91 Å². The normalized spacial score (nSPS) is 11.0. The highest BCUT2D eigenvalue weighted by Crippen LogP contribution is 2.23. The van der Waals surface area contributed by atoms with Crippen LogP contribution in [0.4, 0.5) is 10.2 Å². The topological polar surface area (TPSA) is 69.3 Å². The molecule has 170 valence electrons. The minimum Gasteiger partial charge on any atom is -0.486 e. The fourth-order valence-corrected chi connectivity index (χ4v) is 3.72. The first-order valence-corrected chi connectivity index (χ1v) is 10.9. The molecule has 2 aromatic heterocycles. The van der Waals surface area contributed by atoms with E-state index in [1.165, 1.54) is 16.9 Å². The maximum atomic E-state index is 13.9. The van der Waals surface area contributed by atoms with Gasteiger partial charge >= 0.3 is 0 Å². The van der Waals surface area contributed by atoms with Crippen LogP contribution in [0.5, 0.6) is 5.75 Å². The summed E-state index contributed by atoms with van der Waals surface area (Å²) in [7, 11) is 0. The molecule has 1 N–H and O–H groups in total. The molecule has 3 aromatic carbocycles. The minimum atomic E-state index is -0.505. The van der Waals surface area contributed by atoms with E-state index in [1.807, 2.05) is 42.5 Å². The van der Waals surface area contributed by atoms with Crippen molar-refractivity contribution in [1.82, 2.24) is 9.78 Å². The van der Waals surface area contributed by atoms with E-state index >= 15 is 0 Å². The van der Waals surface area contributed by atoms with Crippen LogP contribution in [0, 0.1) is 5.82 Å². The number of halogens is 2. The average molecular weight is 476 g/mol. The number of anilines is 1. The third-order valence-corrected chi connectivity index (χ3v) is 5.50. The smallest absolute Gasteiger partial charge is 0.292 e. The molecule has 8 heteroatoms. The molecule has 0 saturated heterocycles. The highest BCUT2D eigenvalue weighted by Gasteiger charge is 2.16. The Balaban J connectivity index is 1.21. The lowest BCUT2D eigenvalue weighted by molar-refractivity contribution is 0.0992. The van der Waals surface area contributed by atoms with E-state index in [0.717, 1.165) is 10.8 Å². The number of carbonyl (C=O) groups is 1. The summed E-state index contributed by atoms with van der Waals surface area (Å²) in [4.78, 5) is 12.6. The van der Waals surface area contributed by atoms with Crippen LogP contribution in [-0.4, -0.2) is 15.7 Å². The number of carbonyl (C=O) groups excluding carboxylic acids is 1. The number of hydrogen-bond donors (Lipinski definition) is 1. The standard InChI is InChI=1S/C26H19ClFN3O3/c27-22-15-31(14-19-7-3-4-8-23(19)28)30-25(22)29-26(32)24-12-11-21(34-24)16-33-20-10-9-17-5-1-2-6-18(17)13-20/h1-13,15H,14,16H2,(H,29,30,32). The van der Waals surface area contributed by atoms with Crippen LogP contribution in [-0.2, 0) is 13.2 Å². The average Bonchev–Trinajstić information content (AvgIpc) is 3.46. The third kappa shape index (κ3) is 4.79. The number of amides is 1. The summed E-state index contributed by atoms with van der Waals surface area (Å²) in [6.45, 7) is 0.350. The van der Waals surface area contributed by atoms with E-state index in [9.17, 15) is 9.18 Å². The number of nitrogens with zero attached hydrogens (tertiary/aromatic N) is 2. The number of benzene rings is 3. The van der Waals surface area contributed by atoms with Gasteiger partial charge in [0.05, 0.1) is 6.54 Å². The van der Waals surface area contributed by atoms with Gasteiger partial charge in [-0.25, -0.2) is 4.39 Å². The van der Waals surface area contributed by atoms with E-state index in [2.05, 4.69) is 10.4 Å². The minimum absolute atomic E-state index is 0.0943. The summed E-state index contributed by atoms with van der Waals surface area (Å²) in [6.07, 6.45) is 1.52. The van der Waals surface area contributed by atoms with Gasteiger partial charge in [-0.05, 0) is 41.1 Å². The number of rotatable bonds is 7. The SMILES string of the molecule is O=C(Nc1nn(Cc2ccccc2F)cc1Cl)c1ccc(COc2ccc3ccccc3c2)o1. The van der Waals surface area contributed by atoms with E-state index in [-0.39, 0.29) is 35.6 Å². The molecular formula is C26H19ClFN3O3. The predicted molar refractivity (Wildman–Crippen MR) is 128 cm³/mol. The second-order valence-electron chi connectivity index (χ2n) is 7.63. The first-order chi connectivity index (χ1) is 16.5. The van der Waals surface area contributed by atoms with Crippen molar-refractivity contribution in [2.45, 2.75) is 13.2 Å². The Morgan fingerprint density at radius 3 is 2.68 bits per heavy atom. The third-order valence-electron chi connectivity index (χ3n) is 5.23. The number of ether oxygens (including phenoxy) is 1. The monoisotopic (exact) mass is 475 g/mol. The van der Waals surface area contributed by atoms with E-state index in [0.29, 0.717) is 17.1 Å². The quantitative estimate of drug-likeness (QED) is 0.300. The van der Waals surface area contributed by atoms with Crippen LogP contribution < -0.4 is 10.1 Å². The summed E-state index contributed by atoms with van der Waals surface area (Å²) >= 11 is 6.20. The van der Waals surface area contributed by atoms with Crippen LogP contribution in [0.15, 0.2) is 89.5 Å². The van der Waals surface area contributed by atoms with Crippen molar-refractivity contribution in [3.8, 4) is 5.75 Å². The van der Waals surface area contributed by atoms with Crippen molar-refractivity contribution in [3.63, 3.8) is 0 Å². The van der Waals surface area contributed by atoms with Crippen LogP contribution in [0.3, 0.4) is 0 Å². The largest absolute Gasteiger partial charge is 0.486 e. The molecular weight excluding hydrogens is 457 g/mol. The fourth-order valence-electron chi connectivity index (χ4n) is 3.52. The van der Waals surface area contributed by atoms with Crippen LogP contribution in [0.1, 0.15) is 21.9 Å². The molecule has 0 fully saturated rings. The second kappa shape index (κ2) is 9.41. The highest BCUT2D eigenvalue weighted by atomic mass is 35.5. The number of furan rings is 1. The predicted octanol–water partition coefficient (Wildman–Crippen LogP) is 6.30. The fraction of sp³-hybridized carbons (Fsp3) is 0.0769. The molecule has 0 radical (unpaired) electrons. The summed E-state index contributed by atoms with van der Waals surface area (Å²) in [5.74, 6) is 0.608. The zero-order valence-electron chi connectivity index (χ0n) is 17.9. The molecule has 0 aliphatic rings. The Morgan fingerprint density at radius 1 is 1.03 bits per heavy atom. The molecule has 0 aliphatic carbocycles. The van der Waals surface area contributed by atoms with E-state index in [4.69, 9.17) is 20.8 Å². The maximum Gasteiger partial charge on any atom is 0.292 e. The molecule has 0 bridgehead atoms. The second-order valence-corrected chi connectivity index (χ2v) is 8.04. The zero-order valence-corrected chi connectivity index (χ0v) is 18.6. The summed E-state index contributed by atoms with van der Waals surface area (Å²) in [5, 5.41) is 9.30. The summed E-state index contributed by atoms with van der Waals surface area (Å²) in [5.41, 5.74) is 0.460. The van der Waals surface area contributed by atoms with Gasteiger partial charge in [-0.1, -0.05) is 60.1 Å². The summed E-state index contributed by atoms with van der Waals surface area (Å²) < 4.78 is 26.8. The Kier molecular flexibility index (Phi) is 6.01. The number of fused-ring (bicyclic) bond motifs is 1. The van der Waals surface area contributed by atoms with Crippen molar-refractivity contribution in [2.24, 2.45) is 0 Å². The van der Waals surface area contributed by atoms with Gasteiger partial charge in [-0.2, -0.15) is 5.10 Å². The zero-order chi connectivity index (χ0) is 23.5. The van der Waals surface area contributed by atoms with Crippen molar-refractivity contribution < 1.29 is 18.3 Å². The number of nitrogens with one attached hydrogen (secondary N) is 1. The molecule has 6 nitrogen and oxygen atoms in total. The molecule has 5 aromatic rings. The van der Waals surface area contributed by atoms with Gasteiger partial charge in [0.25, 0.3) is 5.91 Å². The number of aromatic nitrogens is 2. The van der Waals surface area contributed by atoms with Gasteiger partial charge in [0.15, 0.2) is 11.6 Å². The van der Waals surface area contributed by atoms with Gasteiger partial charge in [0.2, 0.25) is 0 Å².